The van der Waals surface area contributed by atoms with Crippen molar-refractivity contribution in [1.29, 1.82) is 0 Å². The molecule has 2 heteroatoms. The van der Waals surface area contributed by atoms with Gasteiger partial charge >= 0.3 is 0 Å². The molecule has 0 atom stereocenters. The Balaban J connectivity index is 2.22. The third-order valence-electron chi connectivity index (χ3n) is 3.49. The van der Waals surface area contributed by atoms with E-state index in [0.717, 1.165) is 6.42 Å². The predicted octanol–water partition coefficient (Wildman–Crippen LogP) is 3.42. The van der Waals surface area contributed by atoms with E-state index in [0.29, 0.717) is 6.42 Å². The van der Waals surface area contributed by atoms with Crippen molar-refractivity contribution in [3.05, 3.63) is 71.3 Å². The van der Waals surface area contributed by atoms with E-state index in [1.165, 1.54) is 16.7 Å². The summed E-state index contributed by atoms with van der Waals surface area (Å²) in [6.45, 7) is 2.02. The second kappa shape index (κ2) is 6.51. The van der Waals surface area contributed by atoms with Gasteiger partial charge in [-0.1, -0.05) is 73.7 Å². The molecule has 0 aliphatic heterocycles. The molecule has 2 nitrogen and oxygen atoms in total. The van der Waals surface area contributed by atoms with Crippen molar-refractivity contribution in [2.24, 2.45) is 11.5 Å². The standard InChI is InChI=1S/C18H22N2/c1-2-18(19,20)14-17-11-7-6-10-16(17)13-12-15-8-4-3-5-9-15/h3-13H,2,14,19-20H2,1H3. The van der Waals surface area contributed by atoms with Gasteiger partial charge in [-0.15, -0.1) is 0 Å². The van der Waals surface area contributed by atoms with Gasteiger partial charge in [-0.2, -0.15) is 0 Å². The first-order valence-corrected chi connectivity index (χ1v) is 6.99. The van der Waals surface area contributed by atoms with Crippen molar-refractivity contribution < 1.29 is 0 Å². The van der Waals surface area contributed by atoms with Crippen molar-refractivity contribution in [2.45, 2.75) is 25.4 Å². The van der Waals surface area contributed by atoms with Gasteiger partial charge < -0.3 is 11.5 Å². The maximum absolute atomic E-state index is 6.08. The number of rotatable bonds is 5. The molecule has 2 aromatic rings. The Bertz CT molecular complexity index is 571. The summed E-state index contributed by atoms with van der Waals surface area (Å²) in [7, 11) is 0. The number of nitrogens with two attached hydrogens (primary N) is 2. The zero-order valence-corrected chi connectivity index (χ0v) is 11.9. The zero-order chi connectivity index (χ0) is 14.4. The van der Waals surface area contributed by atoms with Crippen LogP contribution in [0.2, 0.25) is 0 Å². The fourth-order valence-corrected chi connectivity index (χ4v) is 2.09. The van der Waals surface area contributed by atoms with Crippen molar-refractivity contribution in [1.82, 2.24) is 0 Å². The molecule has 0 amide bonds. The van der Waals surface area contributed by atoms with E-state index in [2.05, 4.69) is 36.4 Å². The van der Waals surface area contributed by atoms with Crippen LogP contribution >= 0.6 is 0 Å². The Labute approximate surface area is 121 Å². The highest BCUT2D eigenvalue weighted by molar-refractivity contribution is 5.71. The van der Waals surface area contributed by atoms with Gasteiger partial charge in [0.15, 0.2) is 0 Å². The summed E-state index contributed by atoms with van der Waals surface area (Å²) in [6, 6.07) is 18.5. The molecule has 0 unspecified atom stereocenters. The molecule has 0 aliphatic rings. The first kappa shape index (κ1) is 14.5. The highest BCUT2D eigenvalue weighted by Crippen LogP contribution is 2.17. The molecule has 0 aromatic heterocycles. The summed E-state index contributed by atoms with van der Waals surface area (Å²) < 4.78 is 0. The number of benzene rings is 2. The number of hydrogen-bond acceptors (Lipinski definition) is 2. The second-order valence-corrected chi connectivity index (χ2v) is 5.21. The first-order valence-electron chi connectivity index (χ1n) is 6.99. The minimum absolute atomic E-state index is 0.642. The van der Waals surface area contributed by atoms with Gasteiger partial charge in [0.05, 0.1) is 5.66 Å². The minimum Gasteiger partial charge on any atom is -0.313 e. The molecule has 0 bridgehead atoms. The third kappa shape index (κ3) is 4.05. The van der Waals surface area contributed by atoms with E-state index < -0.39 is 5.66 Å². The Morgan fingerprint density at radius 1 is 0.900 bits per heavy atom. The van der Waals surface area contributed by atoms with Crippen molar-refractivity contribution in [3.63, 3.8) is 0 Å². The van der Waals surface area contributed by atoms with Gasteiger partial charge in [0, 0.05) is 6.42 Å². The molecule has 0 aliphatic carbocycles. The lowest BCUT2D eigenvalue weighted by molar-refractivity contribution is 0.424. The van der Waals surface area contributed by atoms with Gasteiger partial charge in [0.2, 0.25) is 0 Å². The van der Waals surface area contributed by atoms with E-state index in [-0.39, 0.29) is 0 Å². The number of hydrogen-bond donors (Lipinski definition) is 2. The lowest BCUT2D eigenvalue weighted by Gasteiger charge is -2.23. The quantitative estimate of drug-likeness (QED) is 0.643. The van der Waals surface area contributed by atoms with Crippen molar-refractivity contribution in [2.75, 3.05) is 0 Å². The molecular weight excluding hydrogens is 244 g/mol. The predicted molar refractivity (Wildman–Crippen MR) is 86.9 cm³/mol. The summed E-state index contributed by atoms with van der Waals surface area (Å²) in [5.74, 6) is 0. The van der Waals surface area contributed by atoms with Crippen LogP contribution in [0.25, 0.3) is 12.2 Å². The maximum Gasteiger partial charge on any atom is 0.0675 e. The fourth-order valence-electron chi connectivity index (χ4n) is 2.09. The van der Waals surface area contributed by atoms with Crippen LogP contribution in [-0.4, -0.2) is 5.66 Å². The smallest absolute Gasteiger partial charge is 0.0675 e. The molecular formula is C18H22N2. The summed E-state index contributed by atoms with van der Waals surface area (Å²) in [5.41, 5.74) is 15.1. The average Bonchev–Trinajstić information content (AvgIpc) is 2.47. The fraction of sp³-hybridized carbons (Fsp3) is 0.222. The van der Waals surface area contributed by atoms with E-state index >= 15 is 0 Å². The molecule has 104 valence electrons. The highest BCUT2D eigenvalue weighted by Gasteiger charge is 2.17. The van der Waals surface area contributed by atoms with Crippen LogP contribution < -0.4 is 11.5 Å². The molecule has 0 fully saturated rings. The van der Waals surface area contributed by atoms with Crippen molar-refractivity contribution in [3.8, 4) is 0 Å². The monoisotopic (exact) mass is 266 g/mol. The van der Waals surface area contributed by atoms with E-state index in [1.54, 1.807) is 0 Å². The normalized spacial score (nSPS) is 11.9. The molecule has 2 rings (SSSR count). The average molecular weight is 266 g/mol. The molecule has 0 saturated heterocycles. The molecule has 0 radical (unpaired) electrons. The van der Waals surface area contributed by atoms with Gasteiger partial charge in [-0.25, -0.2) is 0 Å². The van der Waals surface area contributed by atoms with Gasteiger partial charge in [0.25, 0.3) is 0 Å². The lowest BCUT2D eigenvalue weighted by atomic mass is 9.94. The van der Waals surface area contributed by atoms with Crippen molar-refractivity contribution >= 4 is 12.2 Å². The van der Waals surface area contributed by atoms with Gasteiger partial charge in [0.1, 0.15) is 0 Å². The van der Waals surface area contributed by atoms with Crippen LogP contribution in [0.3, 0.4) is 0 Å². The molecule has 0 spiro atoms. The SMILES string of the molecule is CCC(N)(N)Cc1ccccc1C=Cc1ccccc1. The summed E-state index contributed by atoms with van der Waals surface area (Å²) in [4.78, 5) is 0. The Hall–Kier alpha value is -1.90. The van der Waals surface area contributed by atoms with Gasteiger partial charge in [-0.3, -0.25) is 0 Å². The van der Waals surface area contributed by atoms with Crippen LogP contribution in [0.15, 0.2) is 54.6 Å². The highest BCUT2D eigenvalue weighted by atomic mass is 14.9. The van der Waals surface area contributed by atoms with Crippen LogP contribution in [0, 0.1) is 0 Å². The van der Waals surface area contributed by atoms with E-state index in [4.69, 9.17) is 11.5 Å². The van der Waals surface area contributed by atoms with E-state index in [1.807, 2.05) is 37.3 Å². The Kier molecular flexibility index (Phi) is 4.72. The summed E-state index contributed by atoms with van der Waals surface area (Å²) in [6.07, 6.45) is 5.67. The molecule has 0 saturated carbocycles. The molecule has 20 heavy (non-hydrogen) atoms. The topological polar surface area (TPSA) is 52.0 Å². The van der Waals surface area contributed by atoms with Crippen LogP contribution in [0.4, 0.5) is 0 Å². The maximum atomic E-state index is 6.08. The summed E-state index contributed by atoms with van der Waals surface area (Å²) in [5, 5.41) is 0. The minimum atomic E-state index is -0.642. The Morgan fingerprint density at radius 3 is 2.25 bits per heavy atom. The summed E-state index contributed by atoms with van der Waals surface area (Å²) >= 11 is 0. The Morgan fingerprint density at radius 2 is 1.55 bits per heavy atom. The van der Waals surface area contributed by atoms with Crippen LogP contribution in [-0.2, 0) is 6.42 Å². The molecule has 0 heterocycles. The molecule has 2 aromatic carbocycles. The molecule has 4 N–H and O–H groups in total. The largest absolute Gasteiger partial charge is 0.313 e. The lowest BCUT2D eigenvalue weighted by Crippen LogP contribution is -2.50. The van der Waals surface area contributed by atoms with E-state index in [9.17, 15) is 0 Å². The van der Waals surface area contributed by atoms with Crippen LogP contribution in [0.5, 0.6) is 0 Å². The van der Waals surface area contributed by atoms with Gasteiger partial charge in [-0.05, 0) is 23.1 Å². The first-order chi connectivity index (χ1) is 9.61. The van der Waals surface area contributed by atoms with Crippen LogP contribution in [0.1, 0.15) is 30.0 Å². The zero-order valence-electron chi connectivity index (χ0n) is 11.9. The second-order valence-electron chi connectivity index (χ2n) is 5.21. The third-order valence-corrected chi connectivity index (χ3v) is 3.49.